The van der Waals surface area contributed by atoms with Gasteiger partial charge in [0, 0.05) is 11.6 Å². The van der Waals surface area contributed by atoms with E-state index in [-0.39, 0.29) is 0 Å². The van der Waals surface area contributed by atoms with Crippen molar-refractivity contribution in [1.82, 2.24) is 5.32 Å². The first kappa shape index (κ1) is 14.6. The molecular formula is C16H16ClNO2. The first-order chi connectivity index (χ1) is 9.65. The van der Waals surface area contributed by atoms with Gasteiger partial charge in [0.2, 0.25) is 0 Å². The van der Waals surface area contributed by atoms with Crippen LogP contribution in [-0.4, -0.2) is 17.6 Å². The van der Waals surface area contributed by atoms with Crippen LogP contribution in [0.25, 0.3) is 0 Å². The van der Waals surface area contributed by atoms with Gasteiger partial charge in [-0.25, -0.2) is 4.79 Å². The van der Waals surface area contributed by atoms with Gasteiger partial charge in [-0.05, 0) is 48.4 Å². The van der Waals surface area contributed by atoms with Crippen molar-refractivity contribution in [2.45, 2.75) is 13.0 Å². The Labute approximate surface area is 123 Å². The summed E-state index contributed by atoms with van der Waals surface area (Å²) in [5.41, 5.74) is 2.52. The number of hydrogen-bond donors (Lipinski definition) is 2. The Hall–Kier alpha value is -1.84. The zero-order valence-electron chi connectivity index (χ0n) is 11.0. The molecule has 0 heterocycles. The molecule has 0 fully saturated rings. The van der Waals surface area contributed by atoms with Gasteiger partial charge in [-0.1, -0.05) is 35.9 Å². The van der Waals surface area contributed by atoms with Crippen LogP contribution in [0.2, 0.25) is 5.02 Å². The van der Waals surface area contributed by atoms with Crippen molar-refractivity contribution < 1.29 is 9.90 Å². The Morgan fingerprint density at radius 2 is 1.85 bits per heavy atom. The van der Waals surface area contributed by atoms with E-state index in [2.05, 4.69) is 5.32 Å². The van der Waals surface area contributed by atoms with Gasteiger partial charge < -0.3 is 10.4 Å². The van der Waals surface area contributed by atoms with E-state index in [0.29, 0.717) is 12.1 Å². The normalized spacial score (nSPS) is 10.4. The summed E-state index contributed by atoms with van der Waals surface area (Å²) in [5, 5.41) is 13.0. The summed E-state index contributed by atoms with van der Waals surface area (Å²) < 4.78 is 0. The van der Waals surface area contributed by atoms with Crippen LogP contribution < -0.4 is 5.32 Å². The molecule has 0 aliphatic rings. The maximum absolute atomic E-state index is 10.9. The average molecular weight is 290 g/mol. The maximum Gasteiger partial charge on any atom is 0.335 e. The quantitative estimate of drug-likeness (QED) is 0.802. The average Bonchev–Trinajstić information content (AvgIpc) is 2.46. The first-order valence-electron chi connectivity index (χ1n) is 6.42. The highest BCUT2D eigenvalue weighted by Gasteiger charge is 2.02. The second-order valence-corrected chi connectivity index (χ2v) is 5.00. The van der Waals surface area contributed by atoms with Gasteiger partial charge in [-0.15, -0.1) is 0 Å². The molecule has 0 atom stereocenters. The number of carboxylic acids is 1. The lowest BCUT2D eigenvalue weighted by Crippen LogP contribution is -2.16. The van der Waals surface area contributed by atoms with Crippen molar-refractivity contribution >= 4 is 17.6 Å². The third kappa shape index (κ3) is 4.37. The molecule has 0 radical (unpaired) electrons. The molecule has 0 aliphatic heterocycles. The summed E-state index contributed by atoms with van der Waals surface area (Å²) in [6, 6.07) is 14.8. The van der Waals surface area contributed by atoms with Crippen LogP contribution in [0.1, 0.15) is 21.5 Å². The molecule has 0 saturated heterocycles. The fourth-order valence-electron chi connectivity index (χ4n) is 1.93. The highest BCUT2D eigenvalue weighted by atomic mass is 35.5. The van der Waals surface area contributed by atoms with Gasteiger partial charge in [-0.3, -0.25) is 0 Å². The molecule has 0 amide bonds. The number of aromatic carboxylic acids is 1. The molecule has 0 spiro atoms. The molecular weight excluding hydrogens is 274 g/mol. The first-order valence-corrected chi connectivity index (χ1v) is 6.80. The Kier molecular flexibility index (Phi) is 5.16. The van der Waals surface area contributed by atoms with E-state index in [1.165, 1.54) is 5.56 Å². The van der Waals surface area contributed by atoms with Crippen LogP contribution in [0.15, 0.2) is 48.5 Å². The molecule has 2 aromatic rings. The summed E-state index contributed by atoms with van der Waals surface area (Å²) >= 11 is 5.83. The molecule has 0 aromatic heterocycles. The van der Waals surface area contributed by atoms with E-state index in [1.807, 2.05) is 30.3 Å². The zero-order chi connectivity index (χ0) is 14.4. The summed E-state index contributed by atoms with van der Waals surface area (Å²) in [5.74, 6) is -0.895. The molecule has 104 valence electrons. The van der Waals surface area contributed by atoms with Crippen molar-refractivity contribution in [3.8, 4) is 0 Å². The van der Waals surface area contributed by atoms with Crippen LogP contribution in [-0.2, 0) is 13.0 Å². The molecule has 2 aromatic carbocycles. The molecule has 20 heavy (non-hydrogen) atoms. The SMILES string of the molecule is O=C(O)c1cccc(CNCCc2ccc(Cl)cc2)c1. The second kappa shape index (κ2) is 7.08. The molecule has 2 rings (SSSR count). The monoisotopic (exact) mass is 289 g/mol. The summed E-state index contributed by atoms with van der Waals surface area (Å²) in [7, 11) is 0. The van der Waals surface area contributed by atoms with Gasteiger partial charge in [0.1, 0.15) is 0 Å². The van der Waals surface area contributed by atoms with Gasteiger partial charge >= 0.3 is 5.97 Å². The molecule has 3 nitrogen and oxygen atoms in total. The van der Waals surface area contributed by atoms with E-state index in [0.717, 1.165) is 23.6 Å². The maximum atomic E-state index is 10.9. The summed E-state index contributed by atoms with van der Waals surface area (Å²) in [4.78, 5) is 10.9. The van der Waals surface area contributed by atoms with Crippen molar-refractivity contribution in [1.29, 1.82) is 0 Å². The zero-order valence-corrected chi connectivity index (χ0v) is 11.7. The summed E-state index contributed by atoms with van der Waals surface area (Å²) in [6.45, 7) is 1.49. The molecule has 4 heteroatoms. The van der Waals surface area contributed by atoms with Crippen molar-refractivity contribution in [3.05, 3.63) is 70.2 Å². The molecule has 2 N–H and O–H groups in total. The van der Waals surface area contributed by atoms with Crippen LogP contribution in [0.5, 0.6) is 0 Å². The highest BCUT2D eigenvalue weighted by molar-refractivity contribution is 6.30. The minimum absolute atomic E-state index is 0.321. The number of nitrogens with one attached hydrogen (secondary N) is 1. The second-order valence-electron chi connectivity index (χ2n) is 4.56. The van der Waals surface area contributed by atoms with Crippen LogP contribution in [0.3, 0.4) is 0 Å². The molecule has 0 bridgehead atoms. The lowest BCUT2D eigenvalue weighted by molar-refractivity contribution is 0.0696. The van der Waals surface area contributed by atoms with Gasteiger partial charge in [-0.2, -0.15) is 0 Å². The van der Waals surface area contributed by atoms with Gasteiger partial charge in [0.15, 0.2) is 0 Å². The van der Waals surface area contributed by atoms with E-state index in [4.69, 9.17) is 16.7 Å². The number of rotatable bonds is 6. The van der Waals surface area contributed by atoms with Crippen LogP contribution in [0, 0.1) is 0 Å². The number of hydrogen-bond acceptors (Lipinski definition) is 2. The Morgan fingerprint density at radius 3 is 2.55 bits per heavy atom. The largest absolute Gasteiger partial charge is 0.478 e. The predicted molar refractivity (Wildman–Crippen MR) is 80.3 cm³/mol. The van der Waals surface area contributed by atoms with E-state index >= 15 is 0 Å². The fraction of sp³-hybridized carbons (Fsp3) is 0.188. The number of carboxylic acid groups (broad SMARTS) is 1. The molecule has 0 saturated carbocycles. The lowest BCUT2D eigenvalue weighted by atomic mass is 10.1. The minimum atomic E-state index is -0.895. The highest BCUT2D eigenvalue weighted by Crippen LogP contribution is 2.10. The van der Waals surface area contributed by atoms with E-state index in [1.54, 1.807) is 18.2 Å². The molecule has 0 aliphatic carbocycles. The van der Waals surface area contributed by atoms with Gasteiger partial charge in [0.25, 0.3) is 0 Å². The minimum Gasteiger partial charge on any atom is -0.478 e. The number of carbonyl (C=O) groups is 1. The Morgan fingerprint density at radius 1 is 1.10 bits per heavy atom. The standard InChI is InChI=1S/C16H16ClNO2/c17-15-6-4-12(5-7-15)8-9-18-11-13-2-1-3-14(10-13)16(19)20/h1-7,10,18H,8-9,11H2,(H,19,20). The topological polar surface area (TPSA) is 49.3 Å². The molecule has 0 unspecified atom stereocenters. The Balaban J connectivity index is 1.79. The Bertz CT molecular complexity index is 581. The van der Waals surface area contributed by atoms with Crippen LogP contribution in [0.4, 0.5) is 0 Å². The third-order valence-corrected chi connectivity index (χ3v) is 3.26. The van der Waals surface area contributed by atoms with Crippen molar-refractivity contribution in [2.24, 2.45) is 0 Å². The smallest absolute Gasteiger partial charge is 0.335 e. The van der Waals surface area contributed by atoms with Crippen molar-refractivity contribution in [2.75, 3.05) is 6.54 Å². The fourth-order valence-corrected chi connectivity index (χ4v) is 2.06. The van der Waals surface area contributed by atoms with Crippen LogP contribution >= 0.6 is 11.6 Å². The number of benzene rings is 2. The predicted octanol–water partition coefficient (Wildman–Crippen LogP) is 3.37. The lowest BCUT2D eigenvalue weighted by Gasteiger charge is -2.06. The van der Waals surface area contributed by atoms with Crippen molar-refractivity contribution in [3.63, 3.8) is 0 Å². The summed E-state index contributed by atoms with van der Waals surface area (Å²) in [6.07, 6.45) is 0.912. The van der Waals surface area contributed by atoms with Gasteiger partial charge in [0.05, 0.1) is 5.56 Å². The van der Waals surface area contributed by atoms with E-state index < -0.39 is 5.97 Å². The number of halogens is 1. The van der Waals surface area contributed by atoms with E-state index in [9.17, 15) is 4.79 Å². The third-order valence-electron chi connectivity index (χ3n) is 3.01.